The van der Waals surface area contributed by atoms with Crippen molar-refractivity contribution >= 4 is 29.9 Å². The number of nitrogens with zero attached hydrogens (tertiary/aromatic N) is 4. The van der Waals surface area contributed by atoms with Crippen LogP contribution in [0.2, 0.25) is 0 Å². The van der Waals surface area contributed by atoms with Gasteiger partial charge in [0.1, 0.15) is 0 Å². The largest absolute Gasteiger partial charge is 0.379 e. The minimum atomic E-state index is 0. The Kier molecular flexibility index (Phi) is 11.0. The van der Waals surface area contributed by atoms with Gasteiger partial charge in [0.05, 0.1) is 26.1 Å². The molecule has 8 heteroatoms. The number of morpholine rings is 1. The summed E-state index contributed by atoms with van der Waals surface area (Å²) in [6.45, 7) is 10.3. The van der Waals surface area contributed by atoms with Crippen LogP contribution in [0.5, 0.6) is 0 Å². The molecule has 1 aromatic heterocycles. The van der Waals surface area contributed by atoms with Crippen molar-refractivity contribution in [2.75, 3.05) is 45.9 Å². The number of ether oxygens (including phenoxy) is 1. The first-order chi connectivity index (χ1) is 13.8. The van der Waals surface area contributed by atoms with Gasteiger partial charge in [-0.15, -0.1) is 24.0 Å². The summed E-state index contributed by atoms with van der Waals surface area (Å²) in [6, 6.07) is 8.62. The number of aliphatic imine (C=N–C) groups is 1. The Hall–Kier alpha value is -1.65. The number of aromatic nitrogens is 2. The average molecular weight is 512 g/mol. The lowest BCUT2D eigenvalue weighted by Crippen LogP contribution is -2.40. The fourth-order valence-electron chi connectivity index (χ4n) is 3.19. The molecule has 0 unspecified atom stereocenters. The second-order valence-corrected chi connectivity index (χ2v) is 6.98. The van der Waals surface area contributed by atoms with Gasteiger partial charge >= 0.3 is 0 Å². The van der Waals surface area contributed by atoms with Crippen LogP contribution in [0.3, 0.4) is 0 Å². The van der Waals surface area contributed by atoms with Crippen LogP contribution < -0.4 is 10.6 Å². The first-order valence-electron chi connectivity index (χ1n) is 10.2. The molecule has 2 heterocycles. The van der Waals surface area contributed by atoms with Crippen LogP contribution in [0, 0.1) is 0 Å². The summed E-state index contributed by atoms with van der Waals surface area (Å²) in [5.74, 6) is 0.881. The van der Waals surface area contributed by atoms with Crippen molar-refractivity contribution in [3.8, 4) is 0 Å². The summed E-state index contributed by atoms with van der Waals surface area (Å²) in [4.78, 5) is 11.3. The molecule has 1 aliphatic rings. The molecular formula is C21H33IN6O. The molecule has 0 atom stereocenters. The second-order valence-electron chi connectivity index (χ2n) is 6.98. The Morgan fingerprint density at radius 2 is 1.90 bits per heavy atom. The molecule has 3 rings (SSSR count). The lowest BCUT2D eigenvalue weighted by molar-refractivity contribution is 0.0376. The van der Waals surface area contributed by atoms with Crippen LogP contribution in [0.25, 0.3) is 0 Å². The van der Waals surface area contributed by atoms with Crippen molar-refractivity contribution in [3.05, 3.63) is 54.1 Å². The molecular weight excluding hydrogens is 479 g/mol. The summed E-state index contributed by atoms with van der Waals surface area (Å²) in [6.07, 6.45) is 6.73. The van der Waals surface area contributed by atoms with Crippen LogP contribution in [0.1, 0.15) is 24.5 Å². The first kappa shape index (κ1) is 23.6. The molecule has 0 amide bonds. The number of hydrogen-bond donors (Lipinski definition) is 2. The summed E-state index contributed by atoms with van der Waals surface area (Å²) >= 11 is 0. The highest BCUT2D eigenvalue weighted by Crippen LogP contribution is 2.07. The Bertz CT molecular complexity index is 698. The highest BCUT2D eigenvalue weighted by atomic mass is 127. The van der Waals surface area contributed by atoms with Gasteiger partial charge in [-0.05, 0) is 31.0 Å². The van der Waals surface area contributed by atoms with Gasteiger partial charge in [0.2, 0.25) is 0 Å². The predicted molar refractivity (Wildman–Crippen MR) is 128 cm³/mol. The van der Waals surface area contributed by atoms with E-state index >= 15 is 0 Å². The summed E-state index contributed by atoms with van der Waals surface area (Å²) in [7, 11) is 0. The van der Waals surface area contributed by atoms with Gasteiger partial charge in [0.25, 0.3) is 0 Å². The van der Waals surface area contributed by atoms with Crippen molar-refractivity contribution in [2.45, 2.75) is 26.4 Å². The molecule has 160 valence electrons. The quantitative estimate of drug-likeness (QED) is 0.234. The van der Waals surface area contributed by atoms with E-state index in [2.05, 4.69) is 56.3 Å². The van der Waals surface area contributed by atoms with E-state index in [0.29, 0.717) is 6.54 Å². The summed E-state index contributed by atoms with van der Waals surface area (Å²) in [5, 5.41) is 6.77. The van der Waals surface area contributed by atoms with E-state index < -0.39 is 0 Å². The molecule has 29 heavy (non-hydrogen) atoms. The zero-order chi connectivity index (χ0) is 19.4. The number of halogens is 1. The van der Waals surface area contributed by atoms with Gasteiger partial charge in [-0.1, -0.05) is 24.3 Å². The van der Waals surface area contributed by atoms with Gasteiger partial charge in [-0.3, -0.25) is 4.90 Å². The number of rotatable bonds is 9. The zero-order valence-corrected chi connectivity index (χ0v) is 19.5. The van der Waals surface area contributed by atoms with Crippen molar-refractivity contribution in [1.82, 2.24) is 25.1 Å². The average Bonchev–Trinajstić information content (AvgIpc) is 3.24. The van der Waals surface area contributed by atoms with E-state index in [1.807, 2.05) is 12.5 Å². The van der Waals surface area contributed by atoms with Gasteiger partial charge in [0, 0.05) is 45.1 Å². The van der Waals surface area contributed by atoms with E-state index in [1.165, 1.54) is 11.1 Å². The SMILES string of the molecule is CCNC(=NCc1ccc(Cn2ccnc2)cc1)NCCCN1CCOCC1.I. The third kappa shape index (κ3) is 8.71. The third-order valence-electron chi connectivity index (χ3n) is 4.76. The number of benzene rings is 1. The van der Waals surface area contributed by atoms with Crippen LogP contribution >= 0.6 is 24.0 Å². The van der Waals surface area contributed by atoms with Gasteiger partial charge in [0.15, 0.2) is 5.96 Å². The molecule has 0 spiro atoms. The van der Waals surface area contributed by atoms with Gasteiger partial charge < -0.3 is 19.9 Å². The summed E-state index contributed by atoms with van der Waals surface area (Å²) in [5.41, 5.74) is 2.47. The smallest absolute Gasteiger partial charge is 0.191 e. The maximum absolute atomic E-state index is 5.39. The minimum Gasteiger partial charge on any atom is -0.379 e. The molecule has 1 fully saturated rings. The van der Waals surface area contributed by atoms with Crippen LogP contribution in [-0.2, 0) is 17.8 Å². The Balaban J connectivity index is 0.00000300. The molecule has 1 aliphatic heterocycles. The van der Waals surface area contributed by atoms with Gasteiger partial charge in [-0.25, -0.2) is 9.98 Å². The lowest BCUT2D eigenvalue weighted by Gasteiger charge is -2.26. The van der Waals surface area contributed by atoms with Crippen molar-refractivity contribution in [2.24, 2.45) is 4.99 Å². The van der Waals surface area contributed by atoms with E-state index in [0.717, 1.165) is 64.9 Å². The molecule has 0 saturated carbocycles. The maximum Gasteiger partial charge on any atom is 0.191 e. The van der Waals surface area contributed by atoms with Crippen LogP contribution in [0.15, 0.2) is 48.0 Å². The molecule has 0 radical (unpaired) electrons. The normalized spacial score (nSPS) is 15.0. The molecule has 1 aromatic carbocycles. The fourth-order valence-corrected chi connectivity index (χ4v) is 3.19. The molecule has 0 bridgehead atoms. The second kappa shape index (κ2) is 13.6. The van der Waals surface area contributed by atoms with E-state index in [9.17, 15) is 0 Å². The van der Waals surface area contributed by atoms with Crippen molar-refractivity contribution < 1.29 is 4.74 Å². The first-order valence-corrected chi connectivity index (χ1v) is 10.2. The number of nitrogens with one attached hydrogen (secondary N) is 2. The number of imidazole rings is 1. The molecule has 2 N–H and O–H groups in total. The van der Waals surface area contributed by atoms with E-state index in [4.69, 9.17) is 9.73 Å². The highest BCUT2D eigenvalue weighted by Gasteiger charge is 2.09. The highest BCUT2D eigenvalue weighted by molar-refractivity contribution is 14.0. The Morgan fingerprint density at radius 1 is 1.14 bits per heavy atom. The number of guanidine groups is 1. The van der Waals surface area contributed by atoms with Crippen molar-refractivity contribution in [3.63, 3.8) is 0 Å². The van der Waals surface area contributed by atoms with E-state index in [-0.39, 0.29) is 24.0 Å². The standard InChI is InChI=1S/C21H32N6O.HI/c1-2-23-21(24-8-3-10-26-12-14-28-15-13-26)25-16-19-4-6-20(7-5-19)17-27-11-9-22-18-27;/h4-7,9,11,18H,2-3,8,10,12-17H2,1H3,(H2,23,24,25);1H. The molecule has 0 aliphatic carbocycles. The fraction of sp³-hybridized carbons (Fsp3) is 0.524. The van der Waals surface area contributed by atoms with Crippen molar-refractivity contribution in [1.29, 1.82) is 0 Å². The maximum atomic E-state index is 5.39. The zero-order valence-electron chi connectivity index (χ0n) is 17.2. The molecule has 1 saturated heterocycles. The number of hydrogen-bond acceptors (Lipinski definition) is 4. The topological polar surface area (TPSA) is 66.7 Å². The predicted octanol–water partition coefficient (Wildman–Crippen LogP) is 2.33. The lowest BCUT2D eigenvalue weighted by atomic mass is 10.1. The third-order valence-corrected chi connectivity index (χ3v) is 4.76. The van der Waals surface area contributed by atoms with Gasteiger partial charge in [-0.2, -0.15) is 0 Å². The summed E-state index contributed by atoms with van der Waals surface area (Å²) < 4.78 is 7.46. The minimum absolute atomic E-state index is 0. The molecule has 2 aromatic rings. The Labute approximate surface area is 191 Å². The van der Waals surface area contributed by atoms with Crippen LogP contribution in [-0.4, -0.2) is 66.3 Å². The van der Waals surface area contributed by atoms with E-state index in [1.54, 1.807) is 6.20 Å². The monoisotopic (exact) mass is 512 g/mol. The van der Waals surface area contributed by atoms with Crippen LogP contribution in [0.4, 0.5) is 0 Å². The Morgan fingerprint density at radius 3 is 2.59 bits per heavy atom. The molecule has 7 nitrogen and oxygen atoms in total.